The van der Waals surface area contributed by atoms with E-state index in [1.165, 1.54) is 6.07 Å². The molecule has 0 aliphatic heterocycles. The van der Waals surface area contributed by atoms with Crippen LogP contribution in [0.3, 0.4) is 0 Å². The number of rotatable bonds is 5. The third-order valence-corrected chi connectivity index (χ3v) is 3.30. The highest BCUT2D eigenvalue weighted by Gasteiger charge is 2.12. The summed E-state index contributed by atoms with van der Waals surface area (Å²) in [6.07, 6.45) is -0.694. The average Bonchev–Trinajstić information content (AvgIpc) is 2.45. The molecule has 0 heterocycles. The third-order valence-electron chi connectivity index (χ3n) is 3.07. The zero-order valence-electron chi connectivity index (χ0n) is 11.8. The molecule has 1 atom stereocenters. The standard InChI is InChI=1S/C16H16ClFO3/c1-10(19)14-6-5-13(20-2)8-16(14)21-9-11-3-4-12(17)7-15(11)18/h3-8,10,19H,9H2,1-2H3. The summed E-state index contributed by atoms with van der Waals surface area (Å²) in [5.74, 6) is 0.633. The molecule has 0 aliphatic carbocycles. The lowest BCUT2D eigenvalue weighted by Gasteiger charge is -2.15. The van der Waals surface area contributed by atoms with E-state index < -0.39 is 11.9 Å². The van der Waals surface area contributed by atoms with Crippen LogP contribution in [0.15, 0.2) is 36.4 Å². The summed E-state index contributed by atoms with van der Waals surface area (Å²) >= 11 is 5.71. The van der Waals surface area contributed by atoms with Gasteiger partial charge in [0.15, 0.2) is 0 Å². The summed E-state index contributed by atoms with van der Waals surface area (Å²) in [4.78, 5) is 0. The van der Waals surface area contributed by atoms with E-state index in [1.807, 2.05) is 0 Å². The number of ether oxygens (including phenoxy) is 2. The van der Waals surface area contributed by atoms with Crippen LogP contribution in [0.25, 0.3) is 0 Å². The Kier molecular flexibility index (Phi) is 5.04. The minimum absolute atomic E-state index is 0.0376. The van der Waals surface area contributed by atoms with E-state index in [9.17, 15) is 9.50 Å². The summed E-state index contributed by atoms with van der Waals surface area (Å²) in [5, 5.41) is 10.1. The molecule has 0 aliphatic rings. The molecule has 1 unspecified atom stereocenters. The maximum atomic E-state index is 13.7. The number of hydrogen-bond donors (Lipinski definition) is 1. The highest BCUT2D eigenvalue weighted by Crippen LogP contribution is 2.30. The second kappa shape index (κ2) is 6.78. The second-order valence-corrected chi connectivity index (χ2v) is 5.04. The van der Waals surface area contributed by atoms with E-state index in [2.05, 4.69) is 0 Å². The Bertz CT molecular complexity index is 629. The van der Waals surface area contributed by atoms with Crippen LogP contribution < -0.4 is 9.47 Å². The first-order chi connectivity index (χ1) is 10.0. The molecule has 0 spiro atoms. The maximum absolute atomic E-state index is 13.7. The van der Waals surface area contributed by atoms with Crippen LogP contribution in [-0.2, 0) is 6.61 Å². The maximum Gasteiger partial charge on any atom is 0.131 e. The summed E-state index contributed by atoms with van der Waals surface area (Å²) in [5.41, 5.74) is 1.00. The molecule has 0 saturated carbocycles. The number of aliphatic hydroxyl groups excluding tert-OH is 1. The second-order valence-electron chi connectivity index (χ2n) is 4.60. The van der Waals surface area contributed by atoms with E-state index in [4.69, 9.17) is 21.1 Å². The first-order valence-electron chi connectivity index (χ1n) is 6.44. The molecule has 0 amide bonds. The lowest BCUT2D eigenvalue weighted by atomic mass is 10.1. The lowest BCUT2D eigenvalue weighted by Crippen LogP contribution is -2.03. The molecule has 0 saturated heterocycles. The summed E-state index contributed by atoms with van der Waals surface area (Å²) in [7, 11) is 1.54. The van der Waals surface area contributed by atoms with Crippen LogP contribution in [0.4, 0.5) is 4.39 Å². The summed E-state index contributed by atoms with van der Waals surface area (Å²) in [6, 6.07) is 9.52. The van der Waals surface area contributed by atoms with Gasteiger partial charge in [0.05, 0.1) is 13.2 Å². The molecule has 0 fully saturated rings. The van der Waals surface area contributed by atoms with Crippen molar-refractivity contribution in [2.24, 2.45) is 0 Å². The molecule has 2 aromatic rings. The Hall–Kier alpha value is -1.78. The fraction of sp³-hybridized carbons (Fsp3) is 0.250. The fourth-order valence-corrected chi connectivity index (χ4v) is 2.06. The van der Waals surface area contributed by atoms with Crippen LogP contribution in [0.1, 0.15) is 24.2 Å². The normalized spacial score (nSPS) is 12.0. The van der Waals surface area contributed by atoms with Gasteiger partial charge in [0.2, 0.25) is 0 Å². The molecule has 1 N–H and O–H groups in total. The van der Waals surface area contributed by atoms with E-state index in [0.29, 0.717) is 27.6 Å². The number of benzene rings is 2. The van der Waals surface area contributed by atoms with E-state index in [0.717, 1.165) is 0 Å². The van der Waals surface area contributed by atoms with Crippen molar-refractivity contribution < 1.29 is 19.0 Å². The van der Waals surface area contributed by atoms with Gasteiger partial charge in [-0.1, -0.05) is 17.7 Å². The Morgan fingerprint density at radius 2 is 2.00 bits per heavy atom. The van der Waals surface area contributed by atoms with Crippen LogP contribution in [0, 0.1) is 5.82 Å². The molecule has 0 bridgehead atoms. The Morgan fingerprint density at radius 1 is 1.24 bits per heavy atom. The molecule has 21 heavy (non-hydrogen) atoms. The van der Waals surface area contributed by atoms with Crippen LogP contribution in [-0.4, -0.2) is 12.2 Å². The smallest absolute Gasteiger partial charge is 0.131 e. The zero-order valence-corrected chi connectivity index (χ0v) is 12.5. The van der Waals surface area contributed by atoms with Crippen LogP contribution in [0.5, 0.6) is 11.5 Å². The van der Waals surface area contributed by atoms with Gasteiger partial charge in [0, 0.05) is 22.2 Å². The zero-order chi connectivity index (χ0) is 15.4. The molecule has 3 nitrogen and oxygen atoms in total. The van der Waals surface area contributed by atoms with Gasteiger partial charge in [-0.05, 0) is 31.2 Å². The highest BCUT2D eigenvalue weighted by atomic mass is 35.5. The Labute approximate surface area is 127 Å². The largest absolute Gasteiger partial charge is 0.497 e. The van der Waals surface area contributed by atoms with Crippen molar-refractivity contribution in [1.29, 1.82) is 0 Å². The van der Waals surface area contributed by atoms with Gasteiger partial charge in [-0.2, -0.15) is 0 Å². The first-order valence-corrected chi connectivity index (χ1v) is 6.81. The predicted octanol–water partition coefficient (Wildman–Crippen LogP) is 4.12. The van der Waals surface area contributed by atoms with Crippen LogP contribution >= 0.6 is 11.6 Å². The van der Waals surface area contributed by atoms with Crippen molar-refractivity contribution in [3.8, 4) is 11.5 Å². The van der Waals surface area contributed by atoms with Crippen molar-refractivity contribution in [3.05, 3.63) is 58.4 Å². The van der Waals surface area contributed by atoms with Crippen molar-refractivity contribution in [3.63, 3.8) is 0 Å². The average molecular weight is 311 g/mol. The summed E-state index contributed by atoms with van der Waals surface area (Å²) in [6.45, 7) is 1.67. The van der Waals surface area contributed by atoms with E-state index >= 15 is 0 Å². The predicted molar refractivity (Wildman–Crippen MR) is 79.4 cm³/mol. The first kappa shape index (κ1) is 15.6. The Balaban J connectivity index is 2.22. The molecule has 112 valence electrons. The molecule has 5 heteroatoms. The summed E-state index contributed by atoms with van der Waals surface area (Å²) < 4.78 is 24.5. The Morgan fingerprint density at radius 3 is 2.62 bits per heavy atom. The quantitative estimate of drug-likeness (QED) is 0.903. The van der Waals surface area contributed by atoms with Crippen molar-refractivity contribution in [1.82, 2.24) is 0 Å². The molecule has 2 aromatic carbocycles. The van der Waals surface area contributed by atoms with Crippen LogP contribution in [0.2, 0.25) is 5.02 Å². The third kappa shape index (κ3) is 3.86. The minimum atomic E-state index is -0.694. The monoisotopic (exact) mass is 310 g/mol. The van der Waals surface area contributed by atoms with Crippen molar-refractivity contribution in [2.45, 2.75) is 19.6 Å². The van der Waals surface area contributed by atoms with Gasteiger partial charge >= 0.3 is 0 Å². The number of halogens is 2. The van der Waals surface area contributed by atoms with Gasteiger partial charge in [-0.3, -0.25) is 0 Å². The van der Waals surface area contributed by atoms with Crippen molar-refractivity contribution >= 4 is 11.6 Å². The lowest BCUT2D eigenvalue weighted by molar-refractivity contribution is 0.189. The van der Waals surface area contributed by atoms with Gasteiger partial charge in [-0.25, -0.2) is 4.39 Å². The number of aliphatic hydroxyl groups is 1. The fourth-order valence-electron chi connectivity index (χ4n) is 1.91. The van der Waals surface area contributed by atoms with Crippen molar-refractivity contribution in [2.75, 3.05) is 7.11 Å². The molecule has 0 radical (unpaired) electrons. The number of hydrogen-bond acceptors (Lipinski definition) is 3. The van der Waals surface area contributed by atoms with E-state index in [-0.39, 0.29) is 6.61 Å². The van der Waals surface area contributed by atoms with Gasteiger partial charge in [0.1, 0.15) is 23.9 Å². The topological polar surface area (TPSA) is 38.7 Å². The molecular formula is C16H16ClFO3. The van der Waals surface area contributed by atoms with Gasteiger partial charge < -0.3 is 14.6 Å². The SMILES string of the molecule is COc1ccc(C(C)O)c(OCc2ccc(Cl)cc2F)c1. The van der Waals surface area contributed by atoms with E-state index in [1.54, 1.807) is 44.4 Å². The minimum Gasteiger partial charge on any atom is -0.497 e. The molecule has 0 aromatic heterocycles. The molecule has 2 rings (SSSR count). The van der Waals surface area contributed by atoms with Gasteiger partial charge in [0.25, 0.3) is 0 Å². The number of methoxy groups -OCH3 is 1. The molecular weight excluding hydrogens is 295 g/mol. The highest BCUT2D eigenvalue weighted by molar-refractivity contribution is 6.30. The van der Waals surface area contributed by atoms with Gasteiger partial charge in [-0.15, -0.1) is 0 Å².